The van der Waals surface area contributed by atoms with Gasteiger partial charge >= 0.3 is 6.03 Å². The van der Waals surface area contributed by atoms with Gasteiger partial charge in [0.1, 0.15) is 11.6 Å². The molecule has 0 bridgehead atoms. The molecule has 0 saturated carbocycles. The summed E-state index contributed by atoms with van der Waals surface area (Å²) in [5, 5.41) is 2.84. The first-order valence-corrected chi connectivity index (χ1v) is 8.62. The number of carbonyl (C=O) groups is 1. The molecule has 1 N–H and O–H groups in total. The number of piperidine rings is 1. The fraction of sp³-hybridized carbons (Fsp3) is 0.368. The molecular weight excluding hydrogens is 318 g/mol. The minimum absolute atomic E-state index is 0.140. The number of carbonyl (C=O) groups excluding carboxylic acids is 1. The van der Waals surface area contributed by atoms with E-state index in [4.69, 9.17) is 9.47 Å². The topological polar surface area (TPSA) is 63.7 Å². The lowest BCUT2D eigenvalue weighted by molar-refractivity contribution is 0.0232. The van der Waals surface area contributed by atoms with Gasteiger partial charge in [0, 0.05) is 25.8 Å². The minimum Gasteiger partial charge on any atom is -0.439 e. The van der Waals surface area contributed by atoms with Gasteiger partial charge in [-0.25, -0.2) is 4.79 Å². The Kier molecular flexibility index (Phi) is 5.85. The summed E-state index contributed by atoms with van der Waals surface area (Å²) < 4.78 is 11.3. The molecule has 132 valence electrons. The van der Waals surface area contributed by atoms with Gasteiger partial charge in [0.05, 0.1) is 6.10 Å². The normalized spacial score (nSPS) is 15.0. The average molecular weight is 341 g/mol. The van der Waals surface area contributed by atoms with E-state index in [9.17, 15) is 4.79 Å². The number of likely N-dealkylation sites (tertiary alicyclic amines) is 1. The van der Waals surface area contributed by atoms with Crippen molar-refractivity contribution in [3.8, 4) is 11.6 Å². The predicted octanol–water partition coefficient (Wildman–Crippen LogP) is 3.91. The summed E-state index contributed by atoms with van der Waals surface area (Å²) in [4.78, 5) is 18.5. The van der Waals surface area contributed by atoms with Crippen molar-refractivity contribution in [2.45, 2.75) is 25.9 Å². The highest BCUT2D eigenvalue weighted by atomic mass is 16.5. The van der Waals surface area contributed by atoms with Crippen LogP contribution in [0.1, 0.15) is 19.8 Å². The Hall–Kier alpha value is -2.60. The van der Waals surface area contributed by atoms with Crippen molar-refractivity contribution in [1.29, 1.82) is 0 Å². The molecule has 25 heavy (non-hydrogen) atoms. The molecule has 0 aliphatic carbocycles. The van der Waals surface area contributed by atoms with E-state index in [-0.39, 0.29) is 12.1 Å². The zero-order chi connectivity index (χ0) is 17.5. The van der Waals surface area contributed by atoms with Gasteiger partial charge in [-0.1, -0.05) is 24.3 Å². The standard InChI is InChI=1S/C19H23N3O3/c1-2-24-15-11-13-22(14-12-15)19(23)21-17-9-6-10-18(20-17)25-16-7-4-3-5-8-16/h3-10,15H,2,11-14H2,1H3,(H,20,21,23). The average Bonchev–Trinajstić information content (AvgIpc) is 2.64. The second-order valence-electron chi connectivity index (χ2n) is 5.85. The summed E-state index contributed by atoms with van der Waals surface area (Å²) in [6, 6.07) is 14.6. The van der Waals surface area contributed by atoms with Crippen LogP contribution in [0.3, 0.4) is 0 Å². The maximum atomic E-state index is 12.4. The summed E-state index contributed by atoms with van der Waals surface area (Å²) in [5.41, 5.74) is 0. The second-order valence-corrected chi connectivity index (χ2v) is 5.85. The Morgan fingerprint density at radius 2 is 1.92 bits per heavy atom. The van der Waals surface area contributed by atoms with Crippen LogP contribution in [0.4, 0.5) is 10.6 Å². The van der Waals surface area contributed by atoms with Gasteiger partial charge in [-0.15, -0.1) is 0 Å². The zero-order valence-electron chi connectivity index (χ0n) is 14.4. The van der Waals surface area contributed by atoms with E-state index in [1.54, 1.807) is 17.0 Å². The number of urea groups is 1. The lowest BCUT2D eigenvalue weighted by Crippen LogP contribution is -2.43. The van der Waals surface area contributed by atoms with Crippen molar-refractivity contribution in [2.75, 3.05) is 25.0 Å². The third kappa shape index (κ3) is 4.93. The third-order valence-electron chi connectivity index (χ3n) is 4.06. The lowest BCUT2D eigenvalue weighted by Gasteiger charge is -2.31. The molecule has 2 aromatic rings. The summed E-state index contributed by atoms with van der Waals surface area (Å²) >= 11 is 0. The first kappa shape index (κ1) is 17.2. The van der Waals surface area contributed by atoms with Gasteiger partial charge in [-0.2, -0.15) is 4.98 Å². The Bertz CT molecular complexity index is 685. The first-order chi connectivity index (χ1) is 12.2. The molecule has 0 radical (unpaired) electrons. The van der Waals surface area contributed by atoms with Gasteiger partial charge in [-0.3, -0.25) is 5.32 Å². The van der Waals surface area contributed by atoms with E-state index in [1.165, 1.54) is 0 Å². The van der Waals surface area contributed by atoms with Crippen LogP contribution in [0, 0.1) is 0 Å². The molecule has 6 nitrogen and oxygen atoms in total. The molecule has 1 aromatic carbocycles. The third-order valence-corrected chi connectivity index (χ3v) is 4.06. The Morgan fingerprint density at radius 3 is 2.64 bits per heavy atom. The van der Waals surface area contributed by atoms with Gasteiger partial charge < -0.3 is 14.4 Å². The summed E-state index contributed by atoms with van der Waals surface area (Å²) in [7, 11) is 0. The maximum absolute atomic E-state index is 12.4. The lowest BCUT2D eigenvalue weighted by atomic mass is 10.1. The molecule has 2 amide bonds. The van der Waals surface area contributed by atoms with Crippen molar-refractivity contribution in [3.05, 3.63) is 48.5 Å². The highest BCUT2D eigenvalue weighted by Crippen LogP contribution is 2.21. The van der Waals surface area contributed by atoms with Crippen LogP contribution >= 0.6 is 0 Å². The summed E-state index contributed by atoms with van der Waals surface area (Å²) in [6.07, 6.45) is 1.99. The molecule has 1 fully saturated rings. The molecular formula is C19H23N3O3. The monoisotopic (exact) mass is 341 g/mol. The Morgan fingerprint density at radius 1 is 1.16 bits per heavy atom. The van der Waals surface area contributed by atoms with E-state index in [1.807, 2.05) is 43.3 Å². The number of nitrogens with zero attached hydrogens (tertiary/aromatic N) is 2. The number of benzene rings is 1. The summed E-state index contributed by atoms with van der Waals surface area (Å²) in [6.45, 7) is 4.09. The number of hydrogen-bond acceptors (Lipinski definition) is 4. The van der Waals surface area contributed by atoms with Crippen LogP contribution in [0.5, 0.6) is 11.6 Å². The van der Waals surface area contributed by atoms with Gasteiger partial charge in [0.15, 0.2) is 0 Å². The van der Waals surface area contributed by atoms with Crippen molar-refractivity contribution >= 4 is 11.8 Å². The number of rotatable bonds is 5. The van der Waals surface area contributed by atoms with E-state index in [0.717, 1.165) is 19.4 Å². The quantitative estimate of drug-likeness (QED) is 0.896. The van der Waals surface area contributed by atoms with Crippen molar-refractivity contribution in [1.82, 2.24) is 9.88 Å². The van der Waals surface area contributed by atoms with E-state index in [2.05, 4.69) is 10.3 Å². The minimum atomic E-state index is -0.140. The number of amides is 2. The molecule has 0 atom stereocenters. The van der Waals surface area contributed by atoms with Crippen LogP contribution in [0.25, 0.3) is 0 Å². The Labute approximate surface area is 147 Å². The number of nitrogens with one attached hydrogen (secondary N) is 1. The second kappa shape index (κ2) is 8.48. The number of hydrogen-bond donors (Lipinski definition) is 1. The van der Waals surface area contributed by atoms with Crippen LogP contribution in [0.15, 0.2) is 48.5 Å². The smallest absolute Gasteiger partial charge is 0.323 e. The molecule has 0 spiro atoms. The van der Waals surface area contributed by atoms with Gasteiger partial charge in [-0.05, 0) is 38.0 Å². The number of pyridine rings is 1. The van der Waals surface area contributed by atoms with Gasteiger partial charge in [0.2, 0.25) is 5.88 Å². The fourth-order valence-corrected chi connectivity index (χ4v) is 2.80. The zero-order valence-corrected chi connectivity index (χ0v) is 14.4. The molecule has 2 heterocycles. The Balaban J connectivity index is 1.56. The number of aromatic nitrogens is 1. The van der Waals surface area contributed by atoms with E-state index < -0.39 is 0 Å². The largest absolute Gasteiger partial charge is 0.439 e. The SMILES string of the molecule is CCOC1CCN(C(=O)Nc2cccc(Oc3ccccc3)n2)CC1. The van der Waals surface area contributed by atoms with E-state index in [0.29, 0.717) is 30.5 Å². The molecule has 0 unspecified atom stereocenters. The molecule has 1 saturated heterocycles. The van der Waals surface area contributed by atoms with Crippen LogP contribution in [-0.4, -0.2) is 41.7 Å². The van der Waals surface area contributed by atoms with Gasteiger partial charge in [0.25, 0.3) is 0 Å². The van der Waals surface area contributed by atoms with Crippen LogP contribution < -0.4 is 10.1 Å². The number of para-hydroxylation sites is 1. The maximum Gasteiger partial charge on any atom is 0.323 e. The molecule has 6 heteroatoms. The van der Waals surface area contributed by atoms with E-state index >= 15 is 0 Å². The predicted molar refractivity (Wildman–Crippen MR) is 96.0 cm³/mol. The highest BCUT2D eigenvalue weighted by Gasteiger charge is 2.23. The number of ether oxygens (including phenoxy) is 2. The fourth-order valence-electron chi connectivity index (χ4n) is 2.80. The molecule has 1 aliphatic rings. The van der Waals surface area contributed by atoms with Crippen molar-refractivity contribution in [2.24, 2.45) is 0 Å². The van der Waals surface area contributed by atoms with Crippen LogP contribution in [0.2, 0.25) is 0 Å². The first-order valence-electron chi connectivity index (χ1n) is 8.62. The number of anilines is 1. The molecule has 1 aliphatic heterocycles. The summed E-state index contributed by atoms with van der Waals surface area (Å²) in [5.74, 6) is 1.63. The molecule has 3 rings (SSSR count). The van der Waals surface area contributed by atoms with Crippen LogP contribution in [-0.2, 0) is 4.74 Å². The van der Waals surface area contributed by atoms with Crippen molar-refractivity contribution < 1.29 is 14.3 Å². The van der Waals surface area contributed by atoms with Crippen molar-refractivity contribution in [3.63, 3.8) is 0 Å². The highest BCUT2D eigenvalue weighted by molar-refractivity contribution is 5.88. The molecule has 1 aromatic heterocycles.